The number of methoxy groups -OCH3 is 9. The van der Waals surface area contributed by atoms with Crippen LogP contribution in [0, 0.1) is 0 Å². The van der Waals surface area contributed by atoms with Crippen molar-refractivity contribution in [2.24, 2.45) is 0 Å². The maximum Gasteiger partial charge on any atom is 0.203 e. The van der Waals surface area contributed by atoms with Gasteiger partial charge in [0, 0.05) is 29.2 Å². The van der Waals surface area contributed by atoms with Crippen molar-refractivity contribution >= 4 is 0 Å². The van der Waals surface area contributed by atoms with Gasteiger partial charge in [-0.2, -0.15) is 0 Å². The minimum absolute atomic E-state index is 0.460. The average Bonchev–Trinajstić information content (AvgIpc) is 2.95. The standard InChI is InChI=1S/C28H34O9/c1-29-19-14-23(33-5)21(31-3)12-17(19)27(16-10-25(35-7)28(37-9)26(11-16)36-8)18-13-22(32-4)24(34-6)15-20(18)30-2/h10-15,27H,1-9H3. The molecule has 3 rings (SSSR count). The lowest BCUT2D eigenvalue weighted by molar-refractivity contribution is 0.323. The molecule has 0 aliphatic heterocycles. The Morgan fingerprint density at radius 2 is 0.676 bits per heavy atom. The lowest BCUT2D eigenvalue weighted by Gasteiger charge is -2.26. The number of rotatable bonds is 12. The summed E-state index contributed by atoms with van der Waals surface area (Å²) in [5.41, 5.74) is 2.37. The molecule has 0 radical (unpaired) electrons. The van der Waals surface area contributed by atoms with E-state index in [4.69, 9.17) is 42.6 Å². The van der Waals surface area contributed by atoms with E-state index in [1.54, 1.807) is 76.1 Å². The van der Waals surface area contributed by atoms with E-state index in [9.17, 15) is 0 Å². The second-order valence-electron chi connectivity index (χ2n) is 7.79. The first kappa shape index (κ1) is 27.4. The maximum absolute atomic E-state index is 5.82. The Labute approximate surface area is 217 Å². The zero-order valence-corrected chi connectivity index (χ0v) is 22.7. The van der Waals surface area contributed by atoms with Crippen LogP contribution >= 0.6 is 0 Å². The normalized spacial score (nSPS) is 10.5. The SMILES string of the molecule is COc1cc(OC)c(C(c2cc(OC)c(OC)c(OC)c2)c2cc(OC)c(OC)cc2OC)cc1OC. The van der Waals surface area contributed by atoms with Crippen molar-refractivity contribution in [1.29, 1.82) is 0 Å². The largest absolute Gasteiger partial charge is 0.496 e. The lowest BCUT2D eigenvalue weighted by Crippen LogP contribution is -2.10. The number of ether oxygens (including phenoxy) is 9. The van der Waals surface area contributed by atoms with E-state index in [0.29, 0.717) is 51.7 Å². The lowest BCUT2D eigenvalue weighted by atomic mass is 9.83. The van der Waals surface area contributed by atoms with Crippen molar-refractivity contribution in [3.05, 3.63) is 53.1 Å². The molecule has 0 bridgehead atoms. The fourth-order valence-corrected chi connectivity index (χ4v) is 4.35. The molecule has 3 aromatic rings. The van der Waals surface area contributed by atoms with E-state index in [2.05, 4.69) is 0 Å². The highest BCUT2D eigenvalue weighted by Gasteiger charge is 2.30. The molecule has 0 amide bonds. The second-order valence-corrected chi connectivity index (χ2v) is 7.79. The van der Waals surface area contributed by atoms with Gasteiger partial charge in [-0.15, -0.1) is 0 Å². The fourth-order valence-electron chi connectivity index (χ4n) is 4.35. The van der Waals surface area contributed by atoms with Crippen LogP contribution in [0.2, 0.25) is 0 Å². The molecule has 0 aliphatic rings. The van der Waals surface area contributed by atoms with Gasteiger partial charge in [0.2, 0.25) is 5.75 Å². The van der Waals surface area contributed by atoms with Crippen molar-refractivity contribution < 1.29 is 42.6 Å². The predicted molar refractivity (Wildman–Crippen MR) is 139 cm³/mol. The van der Waals surface area contributed by atoms with E-state index in [0.717, 1.165) is 16.7 Å². The third-order valence-electron chi connectivity index (χ3n) is 6.11. The molecule has 0 unspecified atom stereocenters. The Kier molecular flexibility index (Phi) is 9.05. The van der Waals surface area contributed by atoms with E-state index < -0.39 is 5.92 Å². The molecule has 0 saturated carbocycles. The second kappa shape index (κ2) is 12.2. The highest BCUT2D eigenvalue weighted by Crippen LogP contribution is 2.50. The molecular weight excluding hydrogens is 480 g/mol. The summed E-state index contributed by atoms with van der Waals surface area (Å²) in [4.78, 5) is 0. The van der Waals surface area contributed by atoms with Gasteiger partial charge in [0.05, 0.1) is 64.0 Å². The van der Waals surface area contributed by atoms with E-state index in [1.807, 2.05) is 24.3 Å². The van der Waals surface area contributed by atoms with Crippen molar-refractivity contribution in [3.8, 4) is 51.7 Å². The Morgan fingerprint density at radius 3 is 0.973 bits per heavy atom. The van der Waals surface area contributed by atoms with Crippen LogP contribution in [0.3, 0.4) is 0 Å². The number of benzene rings is 3. The maximum atomic E-state index is 5.82. The quantitative estimate of drug-likeness (QED) is 0.312. The smallest absolute Gasteiger partial charge is 0.203 e. The molecule has 37 heavy (non-hydrogen) atoms. The number of hydrogen-bond acceptors (Lipinski definition) is 9. The summed E-state index contributed by atoms with van der Waals surface area (Å²) >= 11 is 0. The summed E-state index contributed by atoms with van der Waals surface area (Å²) in [5.74, 6) is 4.31. The first-order valence-corrected chi connectivity index (χ1v) is 11.3. The highest BCUT2D eigenvalue weighted by atomic mass is 16.5. The molecule has 200 valence electrons. The summed E-state index contributed by atoms with van der Waals surface area (Å²) in [6.45, 7) is 0. The molecule has 0 spiro atoms. The van der Waals surface area contributed by atoms with Crippen LogP contribution in [0.5, 0.6) is 51.7 Å². The van der Waals surface area contributed by atoms with Gasteiger partial charge in [-0.1, -0.05) is 0 Å². The van der Waals surface area contributed by atoms with Gasteiger partial charge in [0.25, 0.3) is 0 Å². The minimum Gasteiger partial charge on any atom is -0.496 e. The molecule has 0 aromatic heterocycles. The van der Waals surface area contributed by atoms with E-state index in [-0.39, 0.29) is 0 Å². The van der Waals surface area contributed by atoms with Gasteiger partial charge in [-0.05, 0) is 29.8 Å². The van der Waals surface area contributed by atoms with Gasteiger partial charge in [-0.25, -0.2) is 0 Å². The van der Waals surface area contributed by atoms with E-state index in [1.165, 1.54) is 0 Å². The van der Waals surface area contributed by atoms with Crippen LogP contribution in [0.25, 0.3) is 0 Å². The molecule has 9 heteroatoms. The van der Waals surface area contributed by atoms with E-state index >= 15 is 0 Å². The molecule has 0 heterocycles. The molecule has 0 N–H and O–H groups in total. The van der Waals surface area contributed by atoms with Crippen molar-refractivity contribution in [2.45, 2.75) is 5.92 Å². The molecule has 0 fully saturated rings. The highest BCUT2D eigenvalue weighted by molar-refractivity contribution is 5.64. The van der Waals surface area contributed by atoms with Crippen LogP contribution in [-0.2, 0) is 0 Å². The Hall–Kier alpha value is -4.14. The van der Waals surface area contributed by atoms with Crippen molar-refractivity contribution in [2.75, 3.05) is 64.0 Å². The minimum atomic E-state index is -0.460. The van der Waals surface area contributed by atoms with Crippen molar-refractivity contribution in [3.63, 3.8) is 0 Å². The topological polar surface area (TPSA) is 83.1 Å². The third kappa shape index (κ3) is 5.21. The predicted octanol–water partition coefficient (Wildman–Crippen LogP) is 4.94. The van der Waals surface area contributed by atoms with Gasteiger partial charge >= 0.3 is 0 Å². The molecule has 3 aromatic carbocycles. The summed E-state index contributed by atoms with van der Waals surface area (Å²) in [6, 6.07) is 11.1. The van der Waals surface area contributed by atoms with Crippen LogP contribution in [0.4, 0.5) is 0 Å². The Morgan fingerprint density at radius 1 is 0.351 bits per heavy atom. The van der Waals surface area contributed by atoms with Gasteiger partial charge in [-0.3, -0.25) is 0 Å². The van der Waals surface area contributed by atoms with Crippen molar-refractivity contribution in [1.82, 2.24) is 0 Å². The Bertz CT molecular complexity index is 1130. The summed E-state index contributed by atoms with van der Waals surface area (Å²) in [5, 5.41) is 0. The summed E-state index contributed by atoms with van der Waals surface area (Å²) in [6.07, 6.45) is 0. The first-order valence-electron chi connectivity index (χ1n) is 11.3. The molecule has 0 atom stereocenters. The molecular formula is C28H34O9. The average molecular weight is 515 g/mol. The summed E-state index contributed by atoms with van der Waals surface area (Å²) < 4.78 is 50.8. The zero-order chi connectivity index (χ0) is 27.1. The fraction of sp³-hybridized carbons (Fsp3) is 0.357. The zero-order valence-electron chi connectivity index (χ0n) is 22.7. The molecule has 0 saturated heterocycles. The van der Waals surface area contributed by atoms with Crippen LogP contribution in [0.1, 0.15) is 22.6 Å². The van der Waals surface area contributed by atoms with Crippen LogP contribution in [0.15, 0.2) is 36.4 Å². The van der Waals surface area contributed by atoms with Crippen LogP contribution < -0.4 is 42.6 Å². The Balaban J connectivity index is 2.48. The monoisotopic (exact) mass is 514 g/mol. The molecule has 0 aliphatic carbocycles. The van der Waals surface area contributed by atoms with Gasteiger partial charge in [0.1, 0.15) is 11.5 Å². The van der Waals surface area contributed by atoms with Gasteiger partial charge < -0.3 is 42.6 Å². The van der Waals surface area contributed by atoms with Gasteiger partial charge in [0.15, 0.2) is 34.5 Å². The first-order chi connectivity index (χ1) is 17.9. The number of hydrogen-bond donors (Lipinski definition) is 0. The van der Waals surface area contributed by atoms with Crippen LogP contribution in [-0.4, -0.2) is 64.0 Å². The molecule has 9 nitrogen and oxygen atoms in total. The summed E-state index contributed by atoms with van der Waals surface area (Å²) in [7, 11) is 14.2. The third-order valence-corrected chi connectivity index (χ3v) is 6.11.